The molecular formula is C10H11NO3S. The summed E-state index contributed by atoms with van der Waals surface area (Å²) in [6.45, 7) is 0.385. The molecule has 5 heteroatoms. The molecule has 1 aromatic carbocycles. The maximum atomic E-state index is 11.7. The molecule has 1 aromatic rings. The second-order valence-electron chi connectivity index (χ2n) is 3.38. The van der Waals surface area contributed by atoms with E-state index in [1.807, 2.05) is 0 Å². The number of rotatable bonds is 2. The van der Waals surface area contributed by atoms with Crippen LogP contribution in [0, 0.1) is 0 Å². The number of sulfone groups is 1. The van der Waals surface area contributed by atoms with Gasteiger partial charge in [-0.25, -0.2) is 8.42 Å². The standard InChI is InChI=1S/C10H11NO3S/c11-5-4-7-6-15(13,14)10-8(7)2-1-3-9(10)12/h1-3,6,12H,4-5,11H2. The summed E-state index contributed by atoms with van der Waals surface area (Å²) >= 11 is 0. The number of benzene rings is 1. The molecule has 0 bridgehead atoms. The van der Waals surface area contributed by atoms with Crippen LogP contribution in [-0.2, 0) is 9.84 Å². The molecule has 0 saturated carbocycles. The van der Waals surface area contributed by atoms with Gasteiger partial charge >= 0.3 is 0 Å². The SMILES string of the molecule is NCCC1=CS(=O)(=O)c2c(O)cccc21. The lowest BCUT2D eigenvalue weighted by Crippen LogP contribution is -1.99. The molecule has 0 aromatic heterocycles. The van der Waals surface area contributed by atoms with Gasteiger partial charge in [-0.05, 0) is 24.6 Å². The molecular weight excluding hydrogens is 214 g/mol. The average Bonchev–Trinajstić information content (AvgIpc) is 2.40. The van der Waals surface area contributed by atoms with Crippen LogP contribution in [0.3, 0.4) is 0 Å². The molecule has 0 radical (unpaired) electrons. The zero-order valence-electron chi connectivity index (χ0n) is 7.97. The van der Waals surface area contributed by atoms with Gasteiger partial charge in [-0.15, -0.1) is 0 Å². The summed E-state index contributed by atoms with van der Waals surface area (Å²) in [7, 11) is -3.48. The van der Waals surface area contributed by atoms with Crippen molar-refractivity contribution in [2.24, 2.45) is 5.73 Å². The first-order valence-corrected chi connectivity index (χ1v) is 6.09. The number of fused-ring (bicyclic) bond motifs is 1. The highest BCUT2D eigenvalue weighted by Crippen LogP contribution is 2.39. The minimum Gasteiger partial charge on any atom is -0.507 e. The molecule has 80 valence electrons. The summed E-state index contributed by atoms with van der Waals surface area (Å²) in [6, 6.07) is 4.68. The van der Waals surface area contributed by atoms with Crippen molar-refractivity contribution in [1.82, 2.24) is 0 Å². The number of nitrogens with two attached hydrogens (primary N) is 1. The molecule has 15 heavy (non-hydrogen) atoms. The topological polar surface area (TPSA) is 80.4 Å². The molecule has 0 saturated heterocycles. The van der Waals surface area contributed by atoms with Gasteiger partial charge in [-0.2, -0.15) is 0 Å². The zero-order valence-corrected chi connectivity index (χ0v) is 8.79. The van der Waals surface area contributed by atoms with Crippen molar-refractivity contribution >= 4 is 15.4 Å². The molecule has 0 fully saturated rings. The number of phenols is 1. The monoisotopic (exact) mass is 225 g/mol. The summed E-state index contributed by atoms with van der Waals surface area (Å²) in [4.78, 5) is 0.00782. The number of phenolic OH excluding ortho intramolecular Hbond substituents is 1. The molecule has 1 aliphatic rings. The average molecular weight is 225 g/mol. The Morgan fingerprint density at radius 2 is 2.07 bits per heavy atom. The van der Waals surface area contributed by atoms with E-state index in [1.54, 1.807) is 12.1 Å². The lowest BCUT2D eigenvalue weighted by molar-refractivity contribution is 0.459. The van der Waals surface area contributed by atoms with Crippen molar-refractivity contribution in [3.8, 4) is 5.75 Å². The summed E-state index contributed by atoms with van der Waals surface area (Å²) in [5.74, 6) is -0.198. The minimum absolute atomic E-state index is 0.00782. The van der Waals surface area contributed by atoms with Crippen LogP contribution in [0.25, 0.3) is 5.57 Å². The van der Waals surface area contributed by atoms with Crippen LogP contribution in [0.1, 0.15) is 12.0 Å². The molecule has 1 heterocycles. The van der Waals surface area contributed by atoms with Gasteiger partial charge in [0.25, 0.3) is 0 Å². The molecule has 1 aliphatic heterocycles. The fourth-order valence-electron chi connectivity index (χ4n) is 1.74. The molecule has 4 nitrogen and oxygen atoms in total. The van der Waals surface area contributed by atoms with E-state index in [0.29, 0.717) is 24.1 Å². The fourth-order valence-corrected chi connectivity index (χ4v) is 3.34. The zero-order chi connectivity index (χ0) is 11.1. The van der Waals surface area contributed by atoms with Gasteiger partial charge < -0.3 is 10.8 Å². The molecule has 3 N–H and O–H groups in total. The molecule has 0 aliphatic carbocycles. The van der Waals surface area contributed by atoms with E-state index in [0.717, 1.165) is 0 Å². The summed E-state index contributed by atoms with van der Waals surface area (Å²) in [6.07, 6.45) is 0.496. The second kappa shape index (κ2) is 3.36. The summed E-state index contributed by atoms with van der Waals surface area (Å²) < 4.78 is 23.4. The third kappa shape index (κ3) is 1.53. The quantitative estimate of drug-likeness (QED) is 0.782. The van der Waals surface area contributed by atoms with Gasteiger partial charge in [0, 0.05) is 11.0 Å². The van der Waals surface area contributed by atoms with Gasteiger partial charge in [0.05, 0.1) is 0 Å². The molecule has 0 spiro atoms. The first-order valence-electron chi connectivity index (χ1n) is 4.54. The highest BCUT2D eigenvalue weighted by Gasteiger charge is 2.29. The van der Waals surface area contributed by atoms with Gasteiger partial charge in [-0.3, -0.25) is 0 Å². The van der Waals surface area contributed by atoms with Crippen LogP contribution < -0.4 is 5.73 Å². The van der Waals surface area contributed by atoms with Crippen molar-refractivity contribution in [3.63, 3.8) is 0 Å². The first kappa shape index (κ1) is 10.2. The minimum atomic E-state index is -3.48. The Labute approximate surface area is 88.0 Å². The number of hydrogen-bond donors (Lipinski definition) is 2. The van der Waals surface area contributed by atoms with Gasteiger partial charge in [0.15, 0.2) is 0 Å². The molecule has 0 amide bonds. The second-order valence-corrected chi connectivity index (χ2v) is 5.11. The number of aromatic hydroxyl groups is 1. The first-order chi connectivity index (χ1) is 7.06. The highest BCUT2D eigenvalue weighted by atomic mass is 32.2. The Morgan fingerprint density at radius 3 is 2.73 bits per heavy atom. The Balaban J connectivity index is 2.68. The summed E-state index contributed by atoms with van der Waals surface area (Å²) in [5.41, 5.74) is 6.63. The molecule has 0 unspecified atom stereocenters. The Bertz CT molecular complexity index is 532. The van der Waals surface area contributed by atoms with Gasteiger partial charge in [0.1, 0.15) is 10.6 Å². The van der Waals surface area contributed by atoms with Crippen molar-refractivity contribution < 1.29 is 13.5 Å². The van der Waals surface area contributed by atoms with Crippen LogP contribution in [0.4, 0.5) is 0 Å². The number of hydrogen-bond acceptors (Lipinski definition) is 4. The van der Waals surface area contributed by atoms with Crippen LogP contribution in [0.5, 0.6) is 5.75 Å². The van der Waals surface area contributed by atoms with E-state index < -0.39 is 9.84 Å². The third-order valence-electron chi connectivity index (χ3n) is 2.34. The van der Waals surface area contributed by atoms with Gasteiger partial charge in [0.2, 0.25) is 9.84 Å². The van der Waals surface area contributed by atoms with Crippen molar-refractivity contribution in [1.29, 1.82) is 0 Å². The van der Waals surface area contributed by atoms with Gasteiger partial charge in [-0.1, -0.05) is 12.1 Å². The van der Waals surface area contributed by atoms with E-state index in [-0.39, 0.29) is 10.6 Å². The van der Waals surface area contributed by atoms with Crippen LogP contribution in [0.15, 0.2) is 28.5 Å². The third-order valence-corrected chi connectivity index (χ3v) is 3.93. The van der Waals surface area contributed by atoms with E-state index in [9.17, 15) is 13.5 Å². The van der Waals surface area contributed by atoms with E-state index in [1.165, 1.54) is 11.5 Å². The van der Waals surface area contributed by atoms with Crippen molar-refractivity contribution in [3.05, 3.63) is 29.2 Å². The van der Waals surface area contributed by atoms with E-state index in [2.05, 4.69) is 0 Å². The van der Waals surface area contributed by atoms with E-state index in [4.69, 9.17) is 5.73 Å². The summed E-state index contributed by atoms with van der Waals surface area (Å²) in [5, 5.41) is 10.7. The predicted octanol–water partition coefficient (Wildman–Crippen LogP) is 0.869. The lowest BCUT2D eigenvalue weighted by atomic mass is 10.0. The highest BCUT2D eigenvalue weighted by molar-refractivity contribution is 7.95. The van der Waals surface area contributed by atoms with Crippen LogP contribution in [0.2, 0.25) is 0 Å². The van der Waals surface area contributed by atoms with Crippen LogP contribution in [-0.4, -0.2) is 20.1 Å². The maximum Gasteiger partial charge on any atom is 0.204 e. The largest absolute Gasteiger partial charge is 0.507 e. The van der Waals surface area contributed by atoms with Crippen molar-refractivity contribution in [2.45, 2.75) is 11.3 Å². The Hall–Kier alpha value is -1.33. The normalized spacial score (nSPS) is 17.3. The molecule has 2 rings (SSSR count). The fraction of sp³-hybridized carbons (Fsp3) is 0.200. The Kier molecular flexibility index (Phi) is 2.28. The van der Waals surface area contributed by atoms with E-state index >= 15 is 0 Å². The van der Waals surface area contributed by atoms with Crippen molar-refractivity contribution in [2.75, 3.05) is 6.54 Å². The van der Waals surface area contributed by atoms with Crippen LogP contribution >= 0.6 is 0 Å². The predicted molar refractivity (Wildman–Crippen MR) is 56.9 cm³/mol. The smallest absolute Gasteiger partial charge is 0.204 e. The molecule has 0 atom stereocenters. The maximum absolute atomic E-state index is 11.7. The lowest BCUT2D eigenvalue weighted by Gasteiger charge is -2.03. The Morgan fingerprint density at radius 1 is 1.33 bits per heavy atom.